The lowest BCUT2D eigenvalue weighted by Crippen LogP contribution is -2.14. The van der Waals surface area contributed by atoms with Crippen molar-refractivity contribution in [1.82, 2.24) is 14.8 Å². The predicted molar refractivity (Wildman–Crippen MR) is 111 cm³/mol. The molecule has 0 bridgehead atoms. The summed E-state index contributed by atoms with van der Waals surface area (Å²) in [4.78, 5) is 23.6. The zero-order chi connectivity index (χ0) is 20.1. The van der Waals surface area contributed by atoms with Crippen molar-refractivity contribution in [2.24, 2.45) is 7.05 Å². The molecule has 3 aromatic rings. The molecule has 1 N–H and O–H groups in total. The smallest absolute Gasteiger partial charge is 0.269 e. The van der Waals surface area contributed by atoms with Crippen LogP contribution < -0.4 is 5.32 Å². The van der Waals surface area contributed by atoms with Gasteiger partial charge in [0.1, 0.15) is 0 Å². The Labute approximate surface area is 170 Å². The molecule has 0 saturated carbocycles. The maximum absolute atomic E-state index is 12.1. The highest BCUT2D eigenvalue weighted by Crippen LogP contribution is 2.27. The highest BCUT2D eigenvalue weighted by Gasteiger charge is 2.14. The molecule has 0 atom stereocenters. The van der Waals surface area contributed by atoms with Gasteiger partial charge in [-0.05, 0) is 24.6 Å². The van der Waals surface area contributed by atoms with Gasteiger partial charge in [-0.1, -0.05) is 25.1 Å². The van der Waals surface area contributed by atoms with E-state index in [-0.39, 0.29) is 17.3 Å². The van der Waals surface area contributed by atoms with Crippen molar-refractivity contribution in [3.05, 3.63) is 50.7 Å². The first-order valence-electron chi connectivity index (χ1n) is 8.62. The number of carbonyl (C=O) groups excluding carboxylic acids is 1. The zero-order valence-corrected chi connectivity index (χ0v) is 17.0. The topological polar surface area (TPSA) is 103 Å². The molecule has 1 amide bonds. The molecule has 2 heterocycles. The number of nitrogens with one attached hydrogen (secondary N) is 1. The monoisotopic (exact) mass is 417 g/mol. The molecule has 0 fully saturated rings. The number of nitro groups is 1. The molecule has 0 spiro atoms. The number of non-ortho nitro benzene ring substituents is 1. The van der Waals surface area contributed by atoms with Gasteiger partial charge in [0.15, 0.2) is 11.0 Å². The minimum Gasteiger partial charge on any atom is -0.325 e. The molecule has 0 saturated heterocycles. The lowest BCUT2D eigenvalue weighted by atomic mass is 10.2. The fourth-order valence-corrected chi connectivity index (χ4v) is 4.24. The molecular formula is C18H19N5O3S2. The van der Waals surface area contributed by atoms with Gasteiger partial charge in [-0.3, -0.25) is 14.9 Å². The Morgan fingerprint density at radius 1 is 1.32 bits per heavy atom. The summed E-state index contributed by atoms with van der Waals surface area (Å²) >= 11 is 3.00. The first-order chi connectivity index (χ1) is 13.5. The second-order valence-electron chi connectivity index (χ2n) is 6.06. The summed E-state index contributed by atoms with van der Waals surface area (Å²) in [5.41, 5.74) is 1.52. The van der Waals surface area contributed by atoms with Gasteiger partial charge < -0.3 is 9.88 Å². The summed E-state index contributed by atoms with van der Waals surface area (Å²) in [5.74, 6) is 0.717. The summed E-state index contributed by atoms with van der Waals surface area (Å²) in [5, 5.41) is 24.5. The van der Waals surface area contributed by atoms with E-state index >= 15 is 0 Å². The van der Waals surface area contributed by atoms with E-state index in [0.717, 1.165) is 24.2 Å². The number of nitrogens with zero attached hydrogens (tertiary/aromatic N) is 4. The Hall–Kier alpha value is -2.72. The van der Waals surface area contributed by atoms with Crippen molar-refractivity contribution in [3.8, 4) is 11.4 Å². The number of carbonyl (C=O) groups is 1. The summed E-state index contributed by atoms with van der Waals surface area (Å²) in [7, 11) is 1.88. The van der Waals surface area contributed by atoms with Gasteiger partial charge in [-0.15, -0.1) is 21.5 Å². The Balaban J connectivity index is 1.59. The highest BCUT2D eigenvalue weighted by molar-refractivity contribution is 7.99. The number of hydrogen-bond donors (Lipinski definition) is 1. The van der Waals surface area contributed by atoms with Crippen LogP contribution in [0.25, 0.3) is 11.4 Å². The Morgan fingerprint density at radius 3 is 2.75 bits per heavy atom. The van der Waals surface area contributed by atoms with Gasteiger partial charge in [-0.2, -0.15) is 0 Å². The van der Waals surface area contributed by atoms with E-state index in [2.05, 4.69) is 33.9 Å². The molecule has 146 valence electrons. The second-order valence-corrected chi connectivity index (χ2v) is 8.00. The minimum atomic E-state index is -0.480. The number of benzene rings is 1. The number of thioether (sulfide) groups is 1. The molecule has 0 radical (unpaired) electrons. The van der Waals surface area contributed by atoms with Crippen LogP contribution in [0.2, 0.25) is 0 Å². The number of anilines is 1. The van der Waals surface area contributed by atoms with E-state index in [4.69, 9.17) is 0 Å². The number of nitro benzene ring substituents is 1. The van der Waals surface area contributed by atoms with Gasteiger partial charge in [-0.25, -0.2) is 0 Å². The number of thiophene rings is 1. The maximum atomic E-state index is 12.1. The molecule has 3 rings (SSSR count). The lowest BCUT2D eigenvalue weighted by molar-refractivity contribution is -0.384. The molecule has 0 aliphatic heterocycles. The Bertz CT molecular complexity index is 982. The normalized spacial score (nSPS) is 10.8. The number of aromatic nitrogens is 3. The van der Waals surface area contributed by atoms with Gasteiger partial charge in [0.05, 0.1) is 10.7 Å². The van der Waals surface area contributed by atoms with Gasteiger partial charge in [0.25, 0.3) is 5.69 Å². The minimum absolute atomic E-state index is 0.0190. The molecule has 0 aliphatic carbocycles. The summed E-state index contributed by atoms with van der Waals surface area (Å²) in [6.45, 7) is 2.15. The molecule has 2 aromatic heterocycles. The SMILES string of the molecule is CCCc1cc(-c2nnc(SCC(=O)Nc3ccc([N+](=O)[O-])cc3)n2C)cs1. The summed E-state index contributed by atoms with van der Waals surface area (Å²) in [6, 6.07) is 7.85. The molecule has 8 nitrogen and oxygen atoms in total. The molecule has 0 unspecified atom stereocenters. The van der Waals surface area contributed by atoms with E-state index in [9.17, 15) is 14.9 Å². The van der Waals surface area contributed by atoms with Crippen LogP contribution in [-0.4, -0.2) is 31.3 Å². The van der Waals surface area contributed by atoms with Crippen LogP contribution in [0.5, 0.6) is 0 Å². The van der Waals surface area contributed by atoms with Crippen molar-refractivity contribution in [1.29, 1.82) is 0 Å². The molecule has 28 heavy (non-hydrogen) atoms. The quantitative estimate of drug-likeness (QED) is 0.336. The molecule has 0 aliphatic rings. The van der Waals surface area contributed by atoms with Crippen molar-refractivity contribution < 1.29 is 9.72 Å². The average molecular weight is 418 g/mol. The van der Waals surface area contributed by atoms with Gasteiger partial charge in [0, 0.05) is 40.7 Å². The third kappa shape index (κ3) is 4.76. The van der Waals surface area contributed by atoms with E-state index < -0.39 is 4.92 Å². The molecular weight excluding hydrogens is 398 g/mol. The lowest BCUT2D eigenvalue weighted by Gasteiger charge is -2.05. The first kappa shape index (κ1) is 20.0. The standard InChI is InChI=1S/C18H19N5O3S2/c1-3-4-15-9-12(10-27-15)17-20-21-18(22(17)2)28-11-16(24)19-13-5-7-14(8-6-13)23(25)26/h5-10H,3-4,11H2,1-2H3,(H,19,24). The van der Waals surface area contributed by atoms with Crippen molar-refractivity contribution in [2.75, 3.05) is 11.1 Å². The largest absolute Gasteiger partial charge is 0.325 e. The van der Waals surface area contributed by atoms with E-state index in [0.29, 0.717) is 10.8 Å². The summed E-state index contributed by atoms with van der Waals surface area (Å²) in [6.07, 6.45) is 2.15. The van der Waals surface area contributed by atoms with Crippen molar-refractivity contribution in [2.45, 2.75) is 24.9 Å². The summed E-state index contributed by atoms with van der Waals surface area (Å²) < 4.78 is 1.88. The first-order valence-corrected chi connectivity index (χ1v) is 10.5. The van der Waals surface area contributed by atoms with Gasteiger partial charge in [0.2, 0.25) is 5.91 Å². The second kappa shape index (κ2) is 8.98. The number of amides is 1. The van der Waals surface area contributed by atoms with Crippen LogP contribution in [0.4, 0.5) is 11.4 Å². The van der Waals surface area contributed by atoms with Crippen LogP contribution in [0.3, 0.4) is 0 Å². The highest BCUT2D eigenvalue weighted by atomic mass is 32.2. The Morgan fingerprint density at radius 2 is 2.07 bits per heavy atom. The van der Waals surface area contributed by atoms with Crippen LogP contribution in [0, 0.1) is 10.1 Å². The molecule has 10 heteroatoms. The Kier molecular flexibility index (Phi) is 6.42. The average Bonchev–Trinajstić information content (AvgIpc) is 3.27. The van der Waals surface area contributed by atoms with Crippen LogP contribution >= 0.6 is 23.1 Å². The fourth-order valence-electron chi connectivity index (χ4n) is 2.56. The van der Waals surface area contributed by atoms with E-state index in [1.54, 1.807) is 11.3 Å². The van der Waals surface area contributed by atoms with Gasteiger partial charge >= 0.3 is 0 Å². The van der Waals surface area contributed by atoms with E-state index in [1.807, 2.05) is 11.6 Å². The molecule has 1 aromatic carbocycles. The number of rotatable bonds is 8. The third-order valence-corrected chi connectivity index (χ3v) is 5.95. The maximum Gasteiger partial charge on any atom is 0.269 e. The van der Waals surface area contributed by atoms with Crippen molar-refractivity contribution >= 4 is 40.4 Å². The number of hydrogen-bond acceptors (Lipinski definition) is 7. The third-order valence-electron chi connectivity index (χ3n) is 3.94. The van der Waals surface area contributed by atoms with Crippen LogP contribution in [0.15, 0.2) is 40.9 Å². The number of aryl methyl sites for hydroxylation is 1. The van der Waals surface area contributed by atoms with Crippen LogP contribution in [-0.2, 0) is 18.3 Å². The predicted octanol–water partition coefficient (Wildman–Crippen LogP) is 4.14. The van der Waals surface area contributed by atoms with Crippen molar-refractivity contribution in [3.63, 3.8) is 0 Å². The van der Waals surface area contributed by atoms with E-state index in [1.165, 1.54) is 40.9 Å². The fraction of sp³-hybridized carbons (Fsp3) is 0.278. The van der Waals surface area contributed by atoms with Crippen LogP contribution in [0.1, 0.15) is 18.2 Å². The zero-order valence-electron chi connectivity index (χ0n) is 15.4.